The van der Waals surface area contributed by atoms with Crippen LogP contribution < -0.4 is 0 Å². The van der Waals surface area contributed by atoms with E-state index < -0.39 is 16.6 Å². The van der Waals surface area contributed by atoms with Gasteiger partial charge in [0.1, 0.15) is 11.4 Å². The number of halogens is 1. The van der Waals surface area contributed by atoms with E-state index in [0.29, 0.717) is 37.9 Å². The maximum Gasteiger partial charge on any atom is 0.233 e. The van der Waals surface area contributed by atoms with E-state index in [2.05, 4.69) is 12.1 Å². The topological polar surface area (TPSA) is 49.8 Å². The fourth-order valence-electron chi connectivity index (χ4n) is 5.96. The van der Waals surface area contributed by atoms with Crippen LogP contribution in [-0.4, -0.2) is 41.2 Å². The van der Waals surface area contributed by atoms with Gasteiger partial charge in [-0.1, -0.05) is 55.3 Å². The summed E-state index contributed by atoms with van der Waals surface area (Å²) in [5.41, 5.74) is -0.0812. The van der Waals surface area contributed by atoms with Crippen molar-refractivity contribution in [3.05, 3.63) is 71.5 Å². The predicted molar refractivity (Wildman–Crippen MR) is 116 cm³/mol. The van der Waals surface area contributed by atoms with Gasteiger partial charge in [0.2, 0.25) is 5.91 Å². The molecule has 2 aromatic carbocycles. The molecule has 1 aliphatic carbocycles. The van der Waals surface area contributed by atoms with Gasteiger partial charge in [0, 0.05) is 19.5 Å². The maximum atomic E-state index is 13.7. The van der Waals surface area contributed by atoms with Crippen LogP contribution in [0.25, 0.3) is 0 Å². The van der Waals surface area contributed by atoms with Crippen molar-refractivity contribution >= 4 is 5.91 Å². The molecule has 2 saturated heterocycles. The summed E-state index contributed by atoms with van der Waals surface area (Å²) >= 11 is 0. The fraction of sp³-hybridized carbons (Fsp3) is 0.500. The normalized spacial score (nSPS) is 27.0. The van der Waals surface area contributed by atoms with Gasteiger partial charge >= 0.3 is 0 Å². The lowest BCUT2D eigenvalue weighted by molar-refractivity contribution is -0.142. The predicted octanol–water partition coefficient (Wildman–Crippen LogP) is 4.31. The second-order valence-electron chi connectivity index (χ2n) is 9.63. The molecule has 4 nitrogen and oxygen atoms in total. The standard InChI is InChI=1S/C26H30FNO3/c27-22-10-8-21(9-11-22)26(30)18-24(31-19-26)14-16-28(17-15-24)23(29)25(12-4-5-13-25)20-6-2-1-3-7-20/h1-3,6-11,30H,4-5,12-19H2/t26-/m1/s1. The number of hydrogen-bond donors (Lipinski definition) is 1. The third-order valence-electron chi connectivity index (χ3n) is 7.77. The second kappa shape index (κ2) is 7.72. The zero-order valence-corrected chi connectivity index (χ0v) is 17.9. The lowest BCUT2D eigenvalue weighted by Crippen LogP contribution is -2.52. The summed E-state index contributed by atoms with van der Waals surface area (Å²) in [6, 6.07) is 16.3. The molecule has 164 valence electrons. The Hall–Kier alpha value is -2.24. The summed E-state index contributed by atoms with van der Waals surface area (Å²) < 4.78 is 19.5. The van der Waals surface area contributed by atoms with Crippen LogP contribution in [0.1, 0.15) is 56.1 Å². The lowest BCUT2D eigenvalue weighted by Gasteiger charge is -2.42. The molecule has 2 aliphatic heterocycles. The molecule has 1 atom stereocenters. The Kier molecular flexibility index (Phi) is 5.14. The largest absolute Gasteiger partial charge is 0.383 e. The molecular weight excluding hydrogens is 393 g/mol. The minimum absolute atomic E-state index is 0.209. The van der Waals surface area contributed by atoms with Gasteiger partial charge in [-0.3, -0.25) is 4.79 Å². The number of ether oxygens (including phenoxy) is 1. The van der Waals surface area contributed by atoms with Crippen molar-refractivity contribution in [2.75, 3.05) is 19.7 Å². The summed E-state index contributed by atoms with van der Waals surface area (Å²) in [6.07, 6.45) is 5.92. The number of hydrogen-bond acceptors (Lipinski definition) is 3. The van der Waals surface area contributed by atoms with Crippen LogP contribution in [0.3, 0.4) is 0 Å². The second-order valence-corrected chi connectivity index (χ2v) is 9.63. The van der Waals surface area contributed by atoms with Crippen molar-refractivity contribution in [2.24, 2.45) is 0 Å². The van der Waals surface area contributed by atoms with E-state index in [9.17, 15) is 14.3 Å². The van der Waals surface area contributed by atoms with Crippen molar-refractivity contribution in [1.29, 1.82) is 0 Å². The molecule has 0 radical (unpaired) electrons. The van der Waals surface area contributed by atoms with Crippen LogP contribution in [0.15, 0.2) is 54.6 Å². The summed E-state index contributed by atoms with van der Waals surface area (Å²) in [7, 11) is 0. The fourth-order valence-corrected chi connectivity index (χ4v) is 5.96. The average Bonchev–Trinajstić information content (AvgIpc) is 3.42. The zero-order valence-electron chi connectivity index (χ0n) is 17.9. The Morgan fingerprint density at radius 3 is 2.19 bits per heavy atom. The van der Waals surface area contributed by atoms with Gasteiger partial charge in [-0.25, -0.2) is 4.39 Å². The number of likely N-dealkylation sites (tertiary alicyclic amines) is 1. The van der Waals surface area contributed by atoms with Crippen molar-refractivity contribution in [1.82, 2.24) is 4.90 Å². The van der Waals surface area contributed by atoms with E-state index in [-0.39, 0.29) is 18.3 Å². The number of carbonyl (C=O) groups is 1. The quantitative estimate of drug-likeness (QED) is 0.801. The third-order valence-corrected chi connectivity index (χ3v) is 7.77. The molecule has 1 N–H and O–H groups in total. The minimum Gasteiger partial charge on any atom is -0.383 e. The maximum absolute atomic E-state index is 13.7. The van der Waals surface area contributed by atoms with Crippen LogP contribution in [-0.2, 0) is 20.5 Å². The molecule has 31 heavy (non-hydrogen) atoms. The Balaban J connectivity index is 1.29. The Bertz CT molecular complexity index is 931. The molecule has 5 rings (SSSR count). The molecule has 1 spiro atoms. The van der Waals surface area contributed by atoms with Crippen LogP contribution in [0.2, 0.25) is 0 Å². The van der Waals surface area contributed by atoms with Gasteiger partial charge in [0.25, 0.3) is 0 Å². The van der Waals surface area contributed by atoms with Gasteiger partial charge in [-0.05, 0) is 48.9 Å². The van der Waals surface area contributed by atoms with Crippen LogP contribution >= 0.6 is 0 Å². The van der Waals surface area contributed by atoms with Gasteiger partial charge < -0.3 is 14.7 Å². The molecule has 2 aromatic rings. The summed E-state index contributed by atoms with van der Waals surface area (Å²) in [6.45, 7) is 1.50. The van der Waals surface area contributed by atoms with Gasteiger partial charge in [0.15, 0.2) is 0 Å². The molecule has 1 amide bonds. The van der Waals surface area contributed by atoms with Gasteiger partial charge in [0.05, 0.1) is 17.6 Å². The van der Waals surface area contributed by atoms with Crippen LogP contribution in [0, 0.1) is 5.82 Å². The number of nitrogens with zero attached hydrogens (tertiary/aromatic N) is 1. The molecule has 0 aromatic heterocycles. The highest BCUT2D eigenvalue weighted by atomic mass is 19.1. The number of amides is 1. The van der Waals surface area contributed by atoms with Gasteiger partial charge in [-0.2, -0.15) is 0 Å². The summed E-state index contributed by atoms with van der Waals surface area (Å²) in [4.78, 5) is 15.7. The summed E-state index contributed by atoms with van der Waals surface area (Å²) in [5, 5.41) is 11.2. The van der Waals surface area contributed by atoms with Crippen LogP contribution in [0.4, 0.5) is 4.39 Å². The first kappa shape index (κ1) is 20.7. The smallest absolute Gasteiger partial charge is 0.233 e. The zero-order chi connectivity index (χ0) is 21.5. The first-order valence-electron chi connectivity index (χ1n) is 11.4. The summed E-state index contributed by atoms with van der Waals surface area (Å²) in [5.74, 6) is -0.0649. The lowest BCUT2D eigenvalue weighted by atomic mass is 9.76. The minimum atomic E-state index is -1.10. The van der Waals surface area contributed by atoms with Crippen LogP contribution in [0.5, 0.6) is 0 Å². The number of aliphatic hydroxyl groups is 1. The molecule has 2 heterocycles. The van der Waals surface area contributed by atoms with E-state index in [1.165, 1.54) is 12.1 Å². The highest BCUT2D eigenvalue weighted by Gasteiger charge is 2.52. The molecular formula is C26H30FNO3. The molecule has 3 aliphatic rings. The van der Waals surface area contributed by atoms with E-state index in [1.807, 2.05) is 23.1 Å². The van der Waals surface area contributed by atoms with Gasteiger partial charge in [-0.15, -0.1) is 0 Å². The van der Waals surface area contributed by atoms with Crippen molar-refractivity contribution in [3.63, 3.8) is 0 Å². The van der Waals surface area contributed by atoms with Crippen molar-refractivity contribution < 1.29 is 19.0 Å². The Labute approximate surface area is 183 Å². The monoisotopic (exact) mass is 423 g/mol. The molecule has 1 saturated carbocycles. The third kappa shape index (κ3) is 3.58. The van der Waals surface area contributed by atoms with Crippen molar-refractivity contribution in [2.45, 2.75) is 61.6 Å². The Morgan fingerprint density at radius 1 is 0.903 bits per heavy atom. The number of carbonyl (C=O) groups excluding carboxylic acids is 1. The highest BCUT2D eigenvalue weighted by Crippen LogP contribution is 2.47. The van der Waals surface area contributed by atoms with E-state index in [1.54, 1.807) is 12.1 Å². The average molecular weight is 424 g/mol. The first-order valence-corrected chi connectivity index (χ1v) is 11.4. The van der Waals surface area contributed by atoms with E-state index in [0.717, 1.165) is 31.2 Å². The molecule has 5 heteroatoms. The SMILES string of the molecule is O=C(N1CCC2(CC1)C[C@](O)(c1ccc(F)cc1)CO2)C1(c2ccccc2)CCCC1. The highest BCUT2D eigenvalue weighted by molar-refractivity contribution is 5.88. The molecule has 0 unspecified atom stereocenters. The van der Waals surface area contributed by atoms with Crippen molar-refractivity contribution in [3.8, 4) is 0 Å². The van der Waals surface area contributed by atoms with E-state index >= 15 is 0 Å². The Morgan fingerprint density at radius 2 is 1.55 bits per heavy atom. The van der Waals surface area contributed by atoms with E-state index in [4.69, 9.17) is 4.74 Å². The number of rotatable bonds is 3. The molecule has 3 fully saturated rings. The number of benzene rings is 2. The number of piperidine rings is 1. The first-order chi connectivity index (χ1) is 14.9. The molecule has 0 bridgehead atoms.